The molecule has 6 aromatic rings. The zero-order valence-corrected chi connectivity index (χ0v) is 28.5. The molecule has 0 saturated heterocycles. The van der Waals surface area contributed by atoms with Gasteiger partial charge in [-0.05, 0) is 102 Å². The minimum Gasteiger partial charge on any atom is -0.355 e. The van der Waals surface area contributed by atoms with E-state index >= 15 is 0 Å². The van der Waals surface area contributed by atoms with Crippen molar-refractivity contribution in [2.45, 2.75) is 6.42 Å². The van der Waals surface area contributed by atoms with E-state index in [1.165, 1.54) is 22.3 Å². The predicted octanol–water partition coefficient (Wildman–Crippen LogP) is 8.84. The minimum atomic E-state index is 0. The number of hydrogen-bond donors (Lipinski definition) is 2. The Morgan fingerprint density at radius 1 is 0.400 bits per heavy atom. The molecule has 3 aliphatic rings. The number of aromatic amines is 2. The van der Waals surface area contributed by atoms with Gasteiger partial charge in [-0.25, -0.2) is 9.97 Å². The molecule has 9 rings (SSSR count). The molecule has 5 heterocycles. The maximum Gasteiger partial charge on any atom is 0.0659 e. The molecule has 214 valence electrons. The third-order valence-electron chi connectivity index (χ3n) is 7.41. The SMILES string of the molecule is C1=Cc2cc3ccc(cc4ccc(cc5nc(cc1n2)C=C5)[nH]4)[nH]3.[Si].[Sn].c1ccc2c(c1)Cc1ccccc1-2.c1ccccc1. The van der Waals surface area contributed by atoms with Gasteiger partial charge in [0, 0.05) is 56.9 Å². The van der Waals surface area contributed by atoms with Gasteiger partial charge in [0.25, 0.3) is 0 Å². The second-order valence-electron chi connectivity index (χ2n) is 10.6. The number of fused-ring (bicyclic) bond motifs is 11. The minimum absolute atomic E-state index is 0. The normalized spacial score (nSPS) is 11.4. The molecular formula is C39H30N4SiSn. The summed E-state index contributed by atoms with van der Waals surface area (Å²) in [6, 6.07) is 45.7. The van der Waals surface area contributed by atoms with E-state index in [2.05, 4.69) is 98.8 Å². The van der Waals surface area contributed by atoms with Crippen LogP contribution in [0.15, 0.2) is 133 Å². The van der Waals surface area contributed by atoms with Gasteiger partial charge >= 0.3 is 0 Å². The number of hydrogen-bond acceptors (Lipinski definition) is 2. The molecule has 3 aromatic heterocycles. The summed E-state index contributed by atoms with van der Waals surface area (Å²) in [4.78, 5) is 16.0. The third kappa shape index (κ3) is 7.87. The smallest absolute Gasteiger partial charge is 0.0659 e. The quantitative estimate of drug-likeness (QED) is 0.155. The molecule has 0 atom stereocenters. The van der Waals surface area contributed by atoms with Crippen LogP contribution in [0.2, 0.25) is 0 Å². The van der Waals surface area contributed by atoms with Crippen LogP contribution in [0.1, 0.15) is 33.9 Å². The van der Waals surface area contributed by atoms with Crippen molar-refractivity contribution in [3.05, 3.63) is 167 Å². The van der Waals surface area contributed by atoms with Crippen molar-refractivity contribution in [1.29, 1.82) is 0 Å². The van der Waals surface area contributed by atoms with Crippen LogP contribution in [-0.2, 0) is 6.42 Å². The topological polar surface area (TPSA) is 57.4 Å². The average molecular weight is 701 g/mol. The van der Waals surface area contributed by atoms with E-state index in [-0.39, 0.29) is 34.9 Å². The molecule has 45 heavy (non-hydrogen) atoms. The van der Waals surface area contributed by atoms with E-state index in [0.717, 1.165) is 51.3 Å². The van der Waals surface area contributed by atoms with E-state index in [0.29, 0.717) is 0 Å². The first-order valence-electron chi connectivity index (χ1n) is 14.5. The number of rotatable bonds is 0. The standard InChI is InChI=1S/C20H14N4.C13H10.C6H6.Si.Sn/c1-2-14-10-16-5-6-18(23-16)12-20-8-7-19(24-20)11-17-4-3-15(22-17)9-13(1)21-14;1-3-7-12-10(5-1)9-11-6-2-4-8-13(11)12;1-2-4-6-5-3-1;;/h1-12,21-22H;1-8H,9H2;1-6H;;. The van der Waals surface area contributed by atoms with Crippen LogP contribution < -0.4 is 0 Å². The van der Waals surface area contributed by atoms with E-state index in [9.17, 15) is 0 Å². The van der Waals surface area contributed by atoms with Crippen LogP contribution >= 0.6 is 0 Å². The fourth-order valence-electron chi connectivity index (χ4n) is 5.41. The summed E-state index contributed by atoms with van der Waals surface area (Å²) in [5.41, 5.74) is 13.6. The molecule has 0 fully saturated rings. The number of benzene rings is 3. The summed E-state index contributed by atoms with van der Waals surface area (Å²) in [5, 5.41) is 0. The molecule has 2 N–H and O–H groups in total. The summed E-state index contributed by atoms with van der Waals surface area (Å²) < 4.78 is 0. The predicted molar refractivity (Wildman–Crippen MR) is 191 cm³/mol. The second kappa shape index (κ2) is 14.8. The molecule has 1 aliphatic carbocycles. The maximum absolute atomic E-state index is 4.62. The molecule has 8 radical (unpaired) electrons. The molecule has 3 aromatic carbocycles. The first kappa shape index (κ1) is 31.7. The number of aromatic nitrogens is 4. The van der Waals surface area contributed by atoms with E-state index < -0.39 is 0 Å². The zero-order valence-electron chi connectivity index (χ0n) is 24.6. The largest absolute Gasteiger partial charge is 0.355 e. The van der Waals surface area contributed by atoms with Crippen LogP contribution in [0.4, 0.5) is 0 Å². The molecule has 2 aliphatic heterocycles. The van der Waals surface area contributed by atoms with Crippen molar-refractivity contribution in [2.75, 3.05) is 0 Å². The van der Waals surface area contributed by atoms with Gasteiger partial charge < -0.3 is 9.97 Å². The zero-order chi connectivity index (χ0) is 28.8. The van der Waals surface area contributed by atoms with E-state index in [1.54, 1.807) is 0 Å². The fourth-order valence-corrected chi connectivity index (χ4v) is 5.41. The van der Waals surface area contributed by atoms with Crippen molar-refractivity contribution < 1.29 is 0 Å². The summed E-state index contributed by atoms with van der Waals surface area (Å²) in [7, 11) is 0. The maximum atomic E-state index is 4.62. The van der Waals surface area contributed by atoms with Crippen LogP contribution in [0.5, 0.6) is 0 Å². The third-order valence-corrected chi connectivity index (χ3v) is 7.41. The summed E-state index contributed by atoms with van der Waals surface area (Å²) in [6.07, 6.45) is 9.15. The Bertz CT molecular complexity index is 1970. The Morgan fingerprint density at radius 3 is 1.18 bits per heavy atom. The van der Waals surface area contributed by atoms with Gasteiger partial charge in [0.05, 0.1) is 22.8 Å². The Balaban J connectivity index is 0.000000160. The average Bonchev–Trinajstić information content (AvgIpc) is 3.88. The van der Waals surface area contributed by atoms with E-state index in [1.807, 2.05) is 78.9 Å². The monoisotopic (exact) mass is 702 g/mol. The van der Waals surface area contributed by atoms with Gasteiger partial charge in [0.1, 0.15) is 0 Å². The first-order valence-corrected chi connectivity index (χ1v) is 14.5. The molecular weight excluding hydrogens is 671 g/mol. The summed E-state index contributed by atoms with van der Waals surface area (Å²) >= 11 is 0. The number of nitrogens with zero attached hydrogens (tertiary/aromatic N) is 2. The Labute approximate surface area is 284 Å². The van der Waals surface area contributed by atoms with Crippen LogP contribution in [0, 0.1) is 0 Å². The molecule has 0 unspecified atom stereocenters. The van der Waals surface area contributed by atoms with Crippen molar-refractivity contribution in [3.63, 3.8) is 0 Å². The molecule has 8 bridgehead atoms. The van der Waals surface area contributed by atoms with Gasteiger partial charge in [-0.3, -0.25) is 0 Å². The Morgan fingerprint density at radius 2 is 0.756 bits per heavy atom. The van der Waals surface area contributed by atoms with Gasteiger partial charge in [-0.15, -0.1) is 0 Å². The van der Waals surface area contributed by atoms with Gasteiger partial charge in [-0.1, -0.05) is 84.9 Å². The van der Waals surface area contributed by atoms with Crippen molar-refractivity contribution >= 4 is 81.2 Å². The van der Waals surface area contributed by atoms with E-state index in [4.69, 9.17) is 0 Å². The van der Waals surface area contributed by atoms with Gasteiger partial charge in [-0.2, -0.15) is 0 Å². The summed E-state index contributed by atoms with van der Waals surface area (Å²) in [6.45, 7) is 0. The second-order valence-corrected chi connectivity index (χ2v) is 10.6. The Kier molecular flexibility index (Phi) is 10.4. The summed E-state index contributed by atoms with van der Waals surface area (Å²) in [5.74, 6) is 0. The Hall–Kier alpha value is -4.72. The first-order chi connectivity index (χ1) is 21.2. The fraction of sp³-hybridized carbons (Fsp3) is 0.0256. The number of nitrogens with one attached hydrogen (secondary N) is 2. The van der Waals surface area contributed by atoms with Crippen molar-refractivity contribution in [3.8, 4) is 11.1 Å². The van der Waals surface area contributed by atoms with Gasteiger partial charge in [0.2, 0.25) is 0 Å². The molecule has 4 nitrogen and oxygen atoms in total. The van der Waals surface area contributed by atoms with Crippen molar-refractivity contribution in [2.24, 2.45) is 0 Å². The number of H-pyrrole nitrogens is 2. The van der Waals surface area contributed by atoms with Gasteiger partial charge in [0.15, 0.2) is 0 Å². The van der Waals surface area contributed by atoms with Crippen LogP contribution in [-0.4, -0.2) is 54.8 Å². The molecule has 0 spiro atoms. The van der Waals surface area contributed by atoms with Crippen LogP contribution in [0.3, 0.4) is 0 Å². The molecule has 0 saturated carbocycles. The van der Waals surface area contributed by atoms with Crippen molar-refractivity contribution in [1.82, 2.24) is 19.9 Å². The molecule has 0 amide bonds. The molecule has 6 heteroatoms. The van der Waals surface area contributed by atoms with Crippen LogP contribution in [0.25, 0.3) is 57.5 Å².